The average Bonchev–Trinajstić information content (AvgIpc) is 2.66. The fraction of sp³-hybridized carbons (Fsp3) is 0.625. The Hall–Kier alpha value is -1.02. The summed E-state index contributed by atoms with van der Waals surface area (Å²) in [4.78, 5) is 0. The number of ether oxygens (including phenoxy) is 1. The third-order valence-electron chi connectivity index (χ3n) is 3.72. The first-order valence-electron chi connectivity index (χ1n) is 6.80. The van der Waals surface area contributed by atoms with Crippen molar-refractivity contribution in [1.82, 2.24) is 0 Å². The van der Waals surface area contributed by atoms with Crippen molar-refractivity contribution < 1.29 is 9.84 Å². The van der Waals surface area contributed by atoms with Crippen LogP contribution in [0.2, 0.25) is 0 Å². The maximum absolute atomic E-state index is 10.1. The van der Waals surface area contributed by atoms with Crippen LogP contribution in [-0.2, 0) is 6.42 Å². The number of hydrogen-bond acceptors (Lipinski definition) is 2. The molecule has 1 aromatic carbocycles. The summed E-state index contributed by atoms with van der Waals surface area (Å²) >= 11 is 0. The molecule has 0 amide bonds. The van der Waals surface area contributed by atoms with Crippen molar-refractivity contribution in [3.05, 3.63) is 29.3 Å². The van der Waals surface area contributed by atoms with Crippen LogP contribution in [0, 0.1) is 12.3 Å². The minimum absolute atomic E-state index is 0.0396. The van der Waals surface area contributed by atoms with Crippen molar-refractivity contribution in [1.29, 1.82) is 0 Å². The van der Waals surface area contributed by atoms with Crippen LogP contribution in [0.1, 0.15) is 44.7 Å². The molecule has 0 aromatic heterocycles. The number of rotatable bonds is 3. The molecule has 1 aliphatic rings. The SMILES string of the molecule is Cc1ccc2c(c1)CC(CCC(O)C(C)(C)C)O2. The van der Waals surface area contributed by atoms with E-state index < -0.39 is 0 Å². The van der Waals surface area contributed by atoms with Crippen LogP contribution in [-0.4, -0.2) is 17.3 Å². The summed E-state index contributed by atoms with van der Waals surface area (Å²) in [7, 11) is 0. The van der Waals surface area contributed by atoms with Gasteiger partial charge in [-0.1, -0.05) is 38.5 Å². The maximum atomic E-state index is 10.1. The van der Waals surface area contributed by atoms with Crippen LogP contribution >= 0.6 is 0 Å². The standard InChI is InChI=1S/C16H24O2/c1-11-5-7-14-12(9-11)10-13(18-14)6-8-15(17)16(2,3)4/h5,7,9,13,15,17H,6,8,10H2,1-4H3. The summed E-state index contributed by atoms with van der Waals surface area (Å²) in [5.74, 6) is 1.02. The number of aryl methyl sites for hydroxylation is 1. The molecule has 0 aliphatic carbocycles. The van der Waals surface area contributed by atoms with Crippen molar-refractivity contribution in [3.63, 3.8) is 0 Å². The minimum Gasteiger partial charge on any atom is -0.490 e. The number of benzene rings is 1. The van der Waals surface area contributed by atoms with E-state index in [1.807, 2.05) is 0 Å². The van der Waals surface area contributed by atoms with Crippen LogP contribution in [0.15, 0.2) is 18.2 Å². The van der Waals surface area contributed by atoms with Gasteiger partial charge in [0, 0.05) is 6.42 Å². The zero-order chi connectivity index (χ0) is 13.3. The summed E-state index contributed by atoms with van der Waals surface area (Å²) in [5, 5.41) is 10.1. The average molecular weight is 248 g/mol. The third kappa shape index (κ3) is 3.05. The second-order valence-electron chi connectivity index (χ2n) is 6.51. The van der Waals surface area contributed by atoms with E-state index in [1.54, 1.807) is 0 Å². The van der Waals surface area contributed by atoms with Crippen molar-refractivity contribution in [2.75, 3.05) is 0 Å². The van der Waals surface area contributed by atoms with Gasteiger partial charge in [0.25, 0.3) is 0 Å². The maximum Gasteiger partial charge on any atom is 0.123 e. The quantitative estimate of drug-likeness (QED) is 0.887. The van der Waals surface area contributed by atoms with Crippen LogP contribution < -0.4 is 4.74 Å². The van der Waals surface area contributed by atoms with E-state index in [0.717, 1.165) is 25.0 Å². The summed E-state index contributed by atoms with van der Waals surface area (Å²) in [6, 6.07) is 6.35. The number of aliphatic hydroxyl groups is 1. The van der Waals surface area contributed by atoms with Gasteiger partial charge < -0.3 is 9.84 Å². The fourth-order valence-electron chi connectivity index (χ4n) is 2.39. The molecule has 1 N–H and O–H groups in total. The van der Waals surface area contributed by atoms with Gasteiger partial charge in [0.1, 0.15) is 11.9 Å². The van der Waals surface area contributed by atoms with Crippen LogP contribution in [0.4, 0.5) is 0 Å². The van der Waals surface area contributed by atoms with Crippen molar-refractivity contribution in [3.8, 4) is 5.75 Å². The molecule has 1 aliphatic heterocycles. The zero-order valence-electron chi connectivity index (χ0n) is 11.9. The van der Waals surface area contributed by atoms with Crippen molar-refractivity contribution in [2.45, 2.75) is 59.2 Å². The Morgan fingerprint density at radius 3 is 2.78 bits per heavy atom. The van der Waals surface area contributed by atoms with Gasteiger partial charge in [-0.3, -0.25) is 0 Å². The van der Waals surface area contributed by atoms with E-state index >= 15 is 0 Å². The summed E-state index contributed by atoms with van der Waals surface area (Å²) in [6.07, 6.45) is 2.69. The van der Waals surface area contributed by atoms with Gasteiger partial charge in [-0.2, -0.15) is 0 Å². The molecule has 100 valence electrons. The Balaban J connectivity index is 1.89. The van der Waals surface area contributed by atoms with Gasteiger partial charge >= 0.3 is 0 Å². The lowest BCUT2D eigenvalue weighted by atomic mass is 9.86. The fourth-order valence-corrected chi connectivity index (χ4v) is 2.39. The number of aliphatic hydroxyl groups excluding tert-OH is 1. The largest absolute Gasteiger partial charge is 0.490 e. The molecule has 0 bridgehead atoms. The Kier molecular flexibility index (Phi) is 3.67. The third-order valence-corrected chi connectivity index (χ3v) is 3.72. The molecule has 1 aromatic rings. The van der Waals surface area contributed by atoms with Crippen LogP contribution in [0.3, 0.4) is 0 Å². The molecule has 0 saturated carbocycles. The van der Waals surface area contributed by atoms with Crippen LogP contribution in [0.25, 0.3) is 0 Å². The highest BCUT2D eigenvalue weighted by Gasteiger charge is 2.27. The highest BCUT2D eigenvalue weighted by atomic mass is 16.5. The molecule has 0 fully saturated rings. The normalized spacial score (nSPS) is 20.4. The lowest BCUT2D eigenvalue weighted by Gasteiger charge is -2.26. The Labute approximate surface area is 110 Å². The number of fused-ring (bicyclic) bond motifs is 1. The summed E-state index contributed by atoms with van der Waals surface area (Å²) in [5.41, 5.74) is 2.56. The molecule has 0 radical (unpaired) electrons. The molecular formula is C16H24O2. The lowest BCUT2D eigenvalue weighted by Crippen LogP contribution is -2.28. The highest BCUT2D eigenvalue weighted by Crippen LogP contribution is 2.32. The first-order valence-corrected chi connectivity index (χ1v) is 6.80. The van der Waals surface area contributed by atoms with Gasteiger partial charge in [0.15, 0.2) is 0 Å². The topological polar surface area (TPSA) is 29.5 Å². The summed E-state index contributed by atoms with van der Waals surface area (Å²) in [6.45, 7) is 8.33. The van der Waals surface area contributed by atoms with Gasteiger partial charge in [0.2, 0.25) is 0 Å². The second kappa shape index (κ2) is 4.93. The Bertz CT molecular complexity index is 418. The predicted octanol–water partition coefficient (Wildman–Crippen LogP) is 3.49. The Morgan fingerprint density at radius 2 is 2.11 bits per heavy atom. The molecule has 0 saturated heterocycles. The first-order chi connectivity index (χ1) is 8.36. The summed E-state index contributed by atoms with van der Waals surface area (Å²) < 4.78 is 5.91. The van der Waals surface area contributed by atoms with Crippen molar-refractivity contribution in [2.24, 2.45) is 5.41 Å². The smallest absolute Gasteiger partial charge is 0.123 e. The van der Waals surface area contributed by atoms with Gasteiger partial charge in [-0.15, -0.1) is 0 Å². The zero-order valence-corrected chi connectivity index (χ0v) is 11.9. The van der Waals surface area contributed by atoms with E-state index in [0.29, 0.717) is 0 Å². The Morgan fingerprint density at radius 1 is 1.39 bits per heavy atom. The van der Waals surface area contributed by atoms with E-state index in [-0.39, 0.29) is 17.6 Å². The van der Waals surface area contributed by atoms with Gasteiger partial charge in [-0.25, -0.2) is 0 Å². The molecule has 2 nitrogen and oxygen atoms in total. The molecule has 2 heteroatoms. The minimum atomic E-state index is -0.258. The molecule has 18 heavy (non-hydrogen) atoms. The molecule has 2 rings (SSSR count). The molecule has 0 spiro atoms. The molecule has 1 heterocycles. The first kappa shape index (κ1) is 13.4. The molecule has 2 unspecified atom stereocenters. The van der Waals surface area contributed by atoms with Crippen LogP contribution in [0.5, 0.6) is 5.75 Å². The monoisotopic (exact) mass is 248 g/mol. The van der Waals surface area contributed by atoms with E-state index in [9.17, 15) is 5.11 Å². The highest BCUT2D eigenvalue weighted by molar-refractivity contribution is 5.40. The van der Waals surface area contributed by atoms with Crippen molar-refractivity contribution >= 4 is 0 Å². The second-order valence-corrected chi connectivity index (χ2v) is 6.51. The predicted molar refractivity (Wildman–Crippen MR) is 74.0 cm³/mol. The number of hydrogen-bond donors (Lipinski definition) is 1. The van der Waals surface area contributed by atoms with E-state index in [1.165, 1.54) is 11.1 Å². The van der Waals surface area contributed by atoms with Gasteiger partial charge in [0.05, 0.1) is 6.10 Å². The lowest BCUT2D eigenvalue weighted by molar-refractivity contribution is 0.0445. The van der Waals surface area contributed by atoms with E-state index in [2.05, 4.69) is 45.9 Å². The molecule has 2 atom stereocenters. The molecular weight excluding hydrogens is 224 g/mol. The van der Waals surface area contributed by atoms with E-state index in [4.69, 9.17) is 4.74 Å². The van der Waals surface area contributed by atoms with Gasteiger partial charge in [-0.05, 0) is 36.8 Å².